The van der Waals surface area contributed by atoms with Crippen molar-refractivity contribution in [2.45, 2.75) is 24.4 Å². The first-order chi connectivity index (χ1) is 14.6. The van der Waals surface area contributed by atoms with Crippen LogP contribution in [0.1, 0.15) is 12.5 Å². The highest BCUT2D eigenvalue weighted by Crippen LogP contribution is 2.35. The highest BCUT2D eigenvalue weighted by Gasteiger charge is 2.16. The molecule has 8 heteroatoms. The van der Waals surface area contributed by atoms with Gasteiger partial charge in [-0.05, 0) is 42.8 Å². The lowest BCUT2D eigenvalue weighted by molar-refractivity contribution is 0.688. The molecule has 0 spiro atoms. The fraction of sp³-hybridized carbons (Fsp3) is 0.136. The van der Waals surface area contributed by atoms with Crippen LogP contribution in [0, 0.1) is 0 Å². The number of thioether (sulfide) groups is 1. The highest BCUT2D eigenvalue weighted by atomic mass is 35.5. The van der Waals surface area contributed by atoms with Crippen molar-refractivity contribution in [3.8, 4) is 10.7 Å². The van der Waals surface area contributed by atoms with Gasteiger partial charge in [0.15, 0.2) is 11.0 Å². The molecule has 30 heavy (non-hydrogen) atoms. The molecule has 0 N–H and O–H groups in total. The van der Waals surface area contributed by atoms with Crippen LogP contribution in [-0.4, -0.2) is 19.7 Å². The molecular formula is C22H16Cl2N4S2. The summed E-state index contributed by atoms with van der Waals surface area (Å²) in [6, 6.07) is 18.2. The molecule has 0 amide bonds. The van der Waals surface area contributed by atoms with Gasteiger partial charge in [-0.15, -0.1) is 21.5 Å². The number of fused-ring (bicyclic) bond motifs is 2. The molecule has 0 atom stereocenters. The van der Waals surface area contributed by atoms with E-state index < -0.39 is 0 Å². The lowest BCUT2D eigenvalue weighted by atomic mass is 10.2. The second-order valence-corrected chi connectivity index (χ2v) is 9.56. The van der Waals surface area contributed by atoms with Crippen molar-refractivity contribution in [2.75, 3.05) is 0 Å². The van der Waals surface area contributed by atoms with Crippen molar-refractivity contribution < 1.29 is 0 Å². The Kier molecular flexibility index (Phi) is 5.41. The number of benzene rings is 2. The van der Waals surface area contributed by atoms with E-state index in [1.807, 2.05) is 36.4 Å². The molecule has 0 fully saturated rings. The third-order valence-electron chi connectivity index (χ3n) is 4.82. The second kappa shape index (κ2) is 8.19. The van der Waals surface area contributed by atoms with E-state index in [0.29, 0.717) is 10.0 Å². The van der Waals surface area contributed by atoms with Gasteiger partial charge in [0.1, 0.15) is 4.83 Å². The van der Waals surface area contributed by atoms with E-state index in [0.717, 1.165) is 54.8 Å². The van der Waals surface area contributed by atoms with Gasteiger partial charge in [-0.3, -0.25) is 0 Å². The van der Waals surface area contributed by atoms with Crippen LogP contribution in [0.3, 0.4) is 0 Å². The van der Waals surface area contributed by atoms with E-state index in [-0.39, 0.29) is 0 Å². The molecule has 0 aliphatic heterocycles. The van der Waals surface area contributed by atoms with Gasteiger partial charge in [0, 0.05) is 23.1 Å². The third kappa shape index (κ3) is 3.69. The van der Waals surface area contributed by atoms with Crippen LogP contribution in [0.4, 0.5) is 0 Å². The van der Waals surface area contributed by atoms with Gasteiger partial charge in [-0.1, -0.05) is 59.2 Å². The molecule has 2 aromatic carbocycles. The number of rotatable bonds is 5. The van der Waals surface area contributed by atoms with Crippen molar-refractivity contribution in [1.82, 2.24) is 19.7 Å². The summed E-state index contributed by atoms with van der Waals surface area (Å²) >= 11 is 15.4. The Morgan fingerprint density at radius 2 is 1.83 bits per heavy atom. The number of thiophene rings is 1. The van der Waals surface area contributed by atoms with E-state index >= 15 is 0 Å². The first-order valence-corrected chi connectivity index (χ1v) is 12.0. The van der Waals surface area contributed by atoms with Crippen LogP contribution in [-0.2, 0) is 12.3 Å². The van der Waals surface area contributed by atoms with Crippen LogP contribution in [0.2, 0.25) is 10.0 Å². The second-order valence-electron chi connectivity index (χ2n) is 6.77. The number of nitrogens with zero attached hydrogens (tertiary/aromatic N) is 4. The Hall–Kier alpha value is -2.12. The summed E-state index contributed by atoms with van der Waals surface area (Å²) in [7, 11) is 0. The Morgan fingerprint density at radius 3 is 2.67 bits per heavy atom. The molecule has 0 saturated carbocycles. The zero-order valence-electron chi connectivity index (χ0n) is 16.0. The molecule has 0 aliphatic carbocycles. The SMILES string of the molecule is CCn1c(SCc2ccc(Cl)c(Cl)c2)nnc1-c1cc2cc3ccccc3nc2s1. The predicted octanol–water partition coefficient (Wildman–Crippen LogP) is 7.33. The number of aromatic nitrogens is 4. The van der Waals surface area contributed by atoms with E-state index in [2.05, 4.69) is 39.9 Å². The van der Waals surface area contributed by atoms with Gasteiger partial charge >= 0.3 is 0 Å². The summed E-state index contributed by atoms with van der Waals surface area (Å²) in [6.07, 6.45) is 0. The molecule has 4 nitrogen and oxygen atoms in total. The summed E-state index contributed by atoms with van der Waals surface area (Å²) in [5.74, 6) is 1.62. The molecule has 150 valence electrons. The van der Waals surface area contributed by atoms with E-state index in [4.69, 9.17) is 28.2 Å². The largest absolute Gasteiger partial charge is 0.302 e. The molecular weight excluding hydrogens is 455 g/mol. The highest BCUT2D eigenvalue weighted by molar-refractivity contribution is 7.98. The van der Waals surface area contributed by atoms with Crippen LogP contribution in [0.15, 0.2) is 59.8 Å². The summed E-state index contributed by atoms with van der Waals surface area (Å²) in [4.78, 5) is 6.90. The normalized spacial score (nSPS) is 11.6. The maximum atomic E-state index is 6.14. The molecule has 0 unspecified atom stereocenters. The van der Waals surface area contributed by atoms with Crippen molar-refractivity contribution in [2.24, 2.45) is 0 Å². The topological polar surface area (TPSA) is 43.6 Å². The Morgan fingerprint density at radius 1 is 0.967 bits per heavy atom. The predicted molar refractivity (Wildman–Crippen MR) is 128 cm³/mol. The van der Waals surface area contributed by atoms with Crippen LogP contribution in [0.25, 0.3) is 31.8 Å². The average molecular weight is 471 g/mol. The average Bonchev–Trinajstić information content (AvgIpc) is 3.35. The van der Waals surface area contributed by atoms with Gasteiger partial charge in [0.25, 0.3) is 0 Å². The molecule has 0 aliphatic rings. The van der Waals surface area contributed by atoms with Crippen molar-refractivity contribution in [3.05, 3.63) is 70.2 Å². The van der Waals surface area contributed by atoms with Gasteiger partial charge < -0.3 is 4.57 Å². The fourth-order valence-electron chi connectivity index (χ4n) is 3.32. The fourth-order valence-corrected chi connectivity index (χ4v) is 5.61. The van der Waals surface area contributed by atoms with Crippen LogP contribution in [0.5, 0.6) is 0 Å². The molecule has 3 aromatic heterocycles. The summed E-state index contributed by atoms with van der Waals surface area (Å²) in [5, 5.41) is 13.2. The first kappa shape index (κ1) is 19.8. The standard InChI is InChI=1S/C22H16Cl2N4S2/c1-2-28-20(26-27-22(28)29-12-13-7-8-16(23)17(24)9-13)19-11-15-10-14-5-3-4-6-18(14)25-21(15)30-19/h3-11H,2,12H2,1H3. The Labute approximate surface area is 191 Å². The van der Waals surface area contributed by atoms with E-state index in [1.54, 1.807) is 23.1 Å². The quantitative estimate of drug-likeness (QED) is 0.252. The lowest BCUT2D eigenvalue weighted by Crippen LogP contribution is -1.99. The van der Waals surface area contributed by atoms with Crippen LogP contribution < -0.4 is 0 Å². The molecule has 0 saturated heterocycles. The Bertz CT molecular complexity index is 1320. The van der Waals surface area contributed by atoms with Crippen molar-refractivity contribution in [1.29, 1.82) is 0 Å². The molecule has 0 bridgehead atoms. The molecule has 0 radical (unpaired) electrons. The van der Waals surface area contributed by atoms with E-state index in [9.17, 15) is 0 Å². The lowest BCUT2D eigenvalue weighted by Gasteiger charge is -2.06. The summed E-state index contributed by atoms with van der Waals surface area (Å²) in [5.41, 5.74) is 2.10. The number of hydrogen-bond acceptors (Lipinski definition) is 5. The first-order valence-electron chi connectivity index (χ1n) is 9.42. The summed E-state index contributed by atoms with van der Waals surface area (Å²) < 4.78 is 2.15. The minimum atomic E-state index is 0.565. The molecule has 5 rings (SSSR count). The maximum absolute atomic E-state index is 6.14. The minimum Gasteiger partial charge on any atom is -0.302 e. The van der Waals surface area contributed by atoms with Gasteiger partial charge in [-0.2, -0.15) is 0 Å². The smallest absolute Gasteiger partial charge is 0.191 e. The van der Waals surface area contributed by atoms with Gasteiger partial charge in [-0.25, -0.2) is 4.98 Å². The zero-order valence-corrected chi connectivity index (χ0v) is 19.1. The molecule has 3 heterocycles. The minimum absolute atomic E-state index is 0.565. The zero-order chi connectivity index (χ0) is 20.7. The van der Waals surface area contributed by atoms with Gasteiger partial charge in [0.05, 0.1) is 20.4 Å². The summed E-state index contributed by atoms with van der Waals surface area (Å²) in [6.45, 7) is 2.89. The Balaban J connectivity index is 1.46. The monoisotopic (exact) mass is 470 g/mol. The maximum Gasteiger partial charge on any atom is 0.191 e. The number of para-hydroxylation sites is 1. The van der Waals surface area contributed by atoms with E-state index in [1.165, 1.54) is 0 Å². The third-order valence-corrected chi connectivity index (χ3v) is 7.63. The van der Waals surface area contributed by atoms with Crippen LogP contribution >= 0.6 is 46.3 Å². The van der Waals surface area contributed by atoms with Crippen molar-refractivity contribution >= 4 is 67.4 Å². The number of pyridine rings is 1. The number of halogens is 2. The van der Waals surface area contributed by atoms with Crippen molar-refractivity contribution in [3.63, 3.8) is 0 Å². The van der Waals surface area contributed by atoms with Gasteiger partial charge in [0.2, 0.25) is 0 Å². The number of hydrogen-bond donors (Lipinski definition) is 0. The molecule has 5 aromatic rings.